The van der Waals surface area contributed by atoms with Crippen molar-refractivity contribution in [2.75, 3.05) is 13.2 Å². The highest BCUT2D eigenvalue weighted by molar-refractivity contribution is 6.31. The quantitative estimate of drug-likeness (QED) is 0.341. The summed E-state index contributed by atoms with van der Waals surface area (Å²) in [6, 6.07) is 21.5. The van der Waals surface area contributed by atoms with Crippen molar-refractivity contribution < 1.29 is 18.7 Å². The molecule has 3 aromatic carbocycles. The lowest BCUT2D eigenvalue weighted by Gasteiger charge is -2.31. The Morgan fingerprint density at radius 2 is 1.69 bits per heavy atom. The maximum atomic E-state index is 13.5. The van der Waals surface area contributed by atoms with E-state index in [9.17, 15) is 14.0 Å². The van der Waals surface area contributed by atoms with Gasteiger partial charge in [0, 0.05) is 24.5 Å². The summed E-state index contributed by atoms with van der Waals surface area (Å²) < 4.78 is 18.9. The zero-order chi connectivity index (χ0) is 25.0. The van der Waals surface area contributed by atoms with Gasteiger partial charge in [0.15, 0.2) is 6.61 Å². The van der Waals surface area contributed by atoms with Crippen LogP contribution >= 0.6 is 11.6 Å². The number of ether oxygens (including phenoxy) is 1. The molecule has 2 amide bonds. The average Bonchev–Trinajstić information content (AvgIpc) is 2.87. The molecule has 0 aliphatic heterocycles. The van der Waals surface area contributed by atoms with Crippen LogP contribution in [0.2, 0.25) is 5.02 Å². The molecular formula is C28H30ClFN2O3. The summed E-state index contributed by atoms with van der Waals surface area (Å²) >= 11 is 6.40. The monoisotopic (exact) mass is 496 g/mol. The van der Waals surface area contributed by atoms with Crippen LogP contribution in [-0.2, 0) is 22.6 Å². The molecule has 0 saturated heterocycles. The molecule has 0 bridgehead atoms. The molecule has 3 aromatic rings. The Kier molecular flexibility index (Phi) is 10.1. The number of hydrogen-bond donors (Lipinski definition) is 1. The Morgan fingerprint density at radius 1 is 1.00 bits per heavy atom. The topological polar surface area (TPSA) is 58.6 Å². The van der Waals surface area contributed by atoms with Crippen LogP contribution in [-0.4, -0.2) is 35.9 Å². The zero-order valence-electron chi connectivity index (χ0n) is 19.8. The average molecular weight is 497 g/mol. The van der Waals surface area contributed by atoms with E-state index in [-0.39, 0.29) is 25.0 Å². The molecule has 0 heterocycles. The van der Waals surface area contributed by atoms with Gasteiger partial charge >= 0.3 is 0 Å². The van der Waals surface area contributed by atoms with Crippen LogP contribution in [0.15, 0.2) is 78.9 Å². The largest absolute Gasteiger partial charge is 0.484 e. The second kappa shape index (κ2) is 13.5. The van der Waals surface area contributed by atoms with Crippen molar-refractivity contribution in [3.8, 4) is 5.75 Å². The van der Waals surface area contributed by atoms with Gasteiger partial charge in [-0.05, 0) is 47.9 Å². The molecule has 0 aliphatic carbocycles. The van der Waals surface area contributed by atoms with E-state index in [0.29, 0.717) is 23.7 Å². The fourth-order valence-electron chi connectivity index (χ4n) is 3.63. The molecule has 0 fully saturated rings. The molecule has 0 aliphatic rings. The van der Waals surface area contributed by atoms with Crippen molar-refractivity contribution in [1.82, 2.24) is 10.2 Å². The zero-order valence-corrected chi connectivity index (χ0v) is 20.5. The van der Waals surface area contributed by atoms with E-state index in [2.05, 4.69) is 5.32 Å². The summed E-state index contributed by atoms with van der Waals surface area (Å²) in [4.78, 5) is 28.3. The fraction of sp³-hybridized carbons (Fsp3) is 0.286. The number of nitrogens with zero attached hydrogens (tertiary/aromatic N) is 1. The van der Waals surface area contributed by atoms with Crippen LogP contribution in [0.5, 0.6) is 5.75 Å². The van der Waals surface area contributed by atoms with E-state index in [4.69, 9.17) is 16.3 Å². The van der Waals surface area contributed by atoms with Crippen molar-refractivity contribution >= 4 is 23.4 Å². The van der Waals surface area contributed by atoms with Gasteiger partial charge in [0.1, 0.15) is 17.6 Å². The predicted molar refractivity (Wildman–Crippen MR) is 136 cm³/mol. The van der Waals surface area contributed by atoms with Gasteiger partial charge in [-0.15, -0.1) is 0 Å². The standard InChI is InChI=1S/C28H30ClFN2O3/c1-2-3-17-31-28(34)26(18-21-9-5-4-6-10-21)32(19-22-11-7-8-12-25(22)29)27(33)20-35-24-15-13-23(30)14-16-24/h4-16,26H,2-3,17-20H2,1H3,(H,31,34)/t26-/m0/s1. The van der Waals surface area contributed by atoms with E-state index in [0.717, 1.165) is 24.0 Å². The second-order valence-corrected chi connectivity index (χ2v) is 8.61. The maximum absolute atomic E-state index is 13.5. The van der Waals surface area contributed by atoms with Crippen LogP contribution in [0.25, 0.3) is 0 Å². The number of hydrogen-bond acceptors (Lipinski definition) is 3. The first-order chi connectivity index (χ1) is 17.0. The molecule has 0 aromatic heterocycles. The van der Waals surface area contributed by atoms with Crippen LogP contribution in [0.1, 0.15) is 30.9 Å². The number of amides is 2. The highest BCUT2D eigenvalue weighted by Gasteiger charge is 2.31. The molecule has 5 nitrogen and oxygen atoms in total. The first kappa shape index (κ1) is 26.2. The van der Waals surface area contributed by atoms with Crippen molar-refractivity contribution in [1.29, 1.82) is 0 Å². The third-order valence-corrected chi connectivity index (χ3v) is 5.94. The van der Waals surface area contributed by atoms with Crippen molar-refractivity contribution in [2.45, 2.75) is 38.8 Å². The number of rotatable bonds is 12. The van der Waals surface area contributed by atoms with E-state index < -0.39 is 11.9 Å². The molecule has 0 radical (unpaired) electrons. The van der Waals surface area contributed by atoms with E-state index in [1.165, 1.54) is 29.2 Å². The van der Waals surface area contributed by atoms with Gasteiger partial charge in [-0.1, -0.05) is 73.5 Å². The summed E-state index contributed by atoms with van der Waals surface area (Å²) in [5, 5.41) is 3.48. The minimum atomic E-state index is -0.769. The highest BCUT2D eigenvalue weighted by atomic mass is 35.5. The van der Waals surface area contributed by atoms with Gasteiger partial charge in [0.2, 0.25) is 5.91 Å². The van der Waals surface area contributed by atoms with Gasteiger partial charge < -0.3 is 15.0 Å². The van der Waals surface area contributed by atoms with Gasteiger partial charge in [-0.25, -0.2) is 4.39 Å². The number of carbonyl (C=O) groups excluding carboxylic acids is 2. The molecule has 0 saturated carbocycles. The molecular weight excluding hydrogens is 467 g/mol. The molecule has 1 N–H and O–H groups in total. The first-order valence-electron chi connectivity index (χ1n) is 11.7. The maximum Gasteiger partial charge on any atom is 0.261 e. The molecule has 3 rings (SSSR count). The Morgan fingerprint density at radius 3 is 2.37 bits per heavy atom. The number of nitrogens with one attached hydrogen (secondary N) is 1. The molecule has 1 atom stereocenters. The number of unbranched alkanes of at least 4 members (excludes halogenated alkanes) is 1. The number of carbonyl (C=O) groups is 2. The molecule has 0 unspecified atom stereocenters. The fourth-order valence-corrected chi connectivity index (χ4v) is 3.82. The Bertz CT molecular complexity index is 1090. The van der Waals surface area contributed by atoms with Crippen molar-refractivity contribution in [3.05, 3.63) is 101 Å². The minimum absolute atomic E-state index is 0.143. The predicted octanol–water partition coefficient (Wildman–Crippen LogP) is 5.41. The SMILES string of the molecule is CCCCNC(=O)[C@H](Cc1ccccc1)N(Cc1ccccc1Cl)C(=O)COc1ccc(F)cc1. The van der Waals surface area contributed by atoms with E-state index in [1.807, 2.05) is 55.5 Å². The molecule has 35 heavy (non-hydrogen) atoms. The Hall–Kier alpha value is -3.38. The van der Waals surface area contributed by atoms with Crippen LogP contribution in [0.4, 0.5) is 4.39 Å². The van der Waals surface area contributed by atoms with Crippen molar-refractivity contribution in [2.24, 2.45) is 0 Å². The van der Waals surface area contributed by atoms with Crippen LogP contribution < -0.4 is 10.1 Å². The van der Waals surface area contributed by atoms with Gasteiger partial charge in [0.05, 0.1) is 0 Å². The van der Waals surface area contributed by atoms with Crippen molar-refractivity contribution in [3.63, 3.8) is 0 Å². The van der Waals surface area contributed by atoms with Crippen LogP contribution in [0.3, 0.4) is 0 Å². The molecule has 0 spiro atoms. The smallest absolute Gasteiger partial charge is 0.261 e. The van der Waals surface area contributed by atoms with E-state index >= 15 is 0 Å². The third-order valence-electron chi connectivity index (χ3n) is 5.58. The summed E-state index contributed by atoms with van der Waals surface area (Å²) in [7, 11) is 0. The van der Waals surface area contributed by atoms with Gasteiger partial charge in [0.25, 0.3) is 5.91 Å². The Balaban J connectivity index is 1.88. The number of benzene rings is 3. The van der Waals surface area contributed by atoms with Crippen LogP contribution in [0, 0.1) is 5.82 Å². The molecule has 184 valence electrons. The summed E-state index contributed by atoms with van der Waals surface area (Å²) in [5.41, 5.74) is 1.66. The lowest BCUT2D eigenvalue weighted by molar-refractivity contribution is -0.142. The lowest BCUT2D eigenvalue weighted by atomic mass is 10.0. The Labute approximate surface area is 210 Å². The highest BCUT2D eigenvalue weighted by Crippen LogP contribution is 2.21. The first-order valence-corrected chi connectivity index (χ1v) is 12.1. The number of halogens is 2. The third kappa shape index (κ3) is 8.11. The van der Waals surface area contributed by atoms with Gasteiger partial charge in [-0.2, -0.15) is 0 Å². The van der Waals surface area contributed by atoms with E-state index in [1.54, 1.807) is 6.07 Å². The minimum Gasteiger partial charge on any atom is -0.484 e. The lowest BCUT2D eigenvalue weighted by Crippen LogP contribution is -2.51. The summed E-state index contributed by atoms with van der Waals surface area (Å²) in [5.74, 6) is -0.634. The van der Waals surface area contributed by atoms with Gasteiger partial charge in [-0.3, -0.25) is 9.59 Å². The summed E-state index contributed by atoms with van der Waals surface area (Å²) in [6.45, 7) is 2.42. The summed E-state index contributed by atoms with van der Waals surface area (Å²) in [6.07, 6.45) is 2.12. The molecule has 7 heteroatoms. The normalized spacial score (nSPS) is 11.5. The second-order valence-electron chi connectivity index (χ2n) is 8.21.